The fourth-order valence-electron chi connectivity index (χ4n) is 3.42. The standard InChI is InChI=1S/C20H15FN2O7/c1-28-12-8-7-11-13(16(12)29-2)19(26)30-15(11)14-17(24)22-20(27)23(18(14)25)10-5-3-9(21)4-6-10/h3-8,15,25H,1-2H3,(H,22,24,27)/t15-/m0/s1. The van der Waals surface area contributed by atoms with Crippen LogP contribution in [0.25, 0.3) is 5.69 Å². The molecule has 154 valence electrons. The lowest BCUT2D eigenvalue weighted by atomic mass is 9.99. The summed E-state index contributed by atoms with van der Waals surface area (Å²) < 4.78 is 29.8. The van der Waals surface area contributed by atoms with Crippen LogP contribution in [0, 0.1) is 5.82 Å². The smallest absolute Gasteiger partial charge is 0.343 e. The van der Waals surface area contributed by atoms with E-state index in [0.29, 0.717) is 0 Å². The van der Waals surface area contributed by atoms with Crippen LogP contribution in [0.3, 0.4) is 0 Å². The first-order valence-corrected chi connectivity index (χ1v) is 8.67. The summed E-state index contributed by atoms with van der Waals surface area (Å²) in [7, 11) is 2.74. The number of carbonyl (C=O) groups is 1. The summed E-state index contributed by atoms with van der Waals surface area (Å²) in [4.78, 5) is 39.5. The monoisotopic (exact) mass is 414 g/mol. The average Bonchev–Trinajstić information content (AvgIpc) is 3.04. The summed E-state index contributed by atoms with van der Waals surface area (Å²) in [6.45, 7) is 0. The number of methoxy groups -OCH3 is 2. The fraction of sp³-hybridized carbons (Fsp3) is 0.150. The predicted octanol–water partition coefficient (Wildman–Crippen LogP) is 1.65. The molecule has 1 aliphatic heterocycles. The summed E-state index contributed by atoms with van der Waals surface area (Å²) >= 11 is 0. The van der Waals surface area contributed by atoms with Gasteiger partial charge in [0.15, 0.2) is 17.6 Å². The minimum absolute atomic E-state index is 0.0418. The molecule has 0 unspecified atom stereocenters. The minimum atomic E-state index is -1.30. The van der Waals surface area contributed by atoms with Gasteiger partial charge in [0, 0.05) is 5.56 Å². The van der Waals surface area contributed by atoms with E-state index >= 15 is 0 Å². The lowest BCUT2D eigenvalue weighted by Gasteiger charge is -2.16. The number of hydrogen-bond acceptors (Lipinski definition) is 7. The molecule has 2 aromatic carbocycles. The van der Waals surface area contributed by atoms with E-state index in [1.807, 2.05) is 0 Å². The Bertz CT molecular complexity index is 1280. The molecule has 1 atom stereocenters. The maximum atomic E-state index is 13.2. The second-order valence-corrected chi connectivity index (χ2v) is 6.36. The van der Waals surface area contributed by atoms with Gasteiger partial charge < -0.3 is 19.3 Å². The predicted molar refractivity (Wildman–Crippen MR) is 101 cm³/mol. The Morgan fingerprint density at radius 1 is 1.07 bits per heavy atom. The van der Waals surface area contributed by atoms with E-state index in [-0.39, 0.29) is 33.9 Å². The van der Waals surface area contributed by atoms with E-state index < -0.39 is 35.0 Å². The summed E-state index contributed by atoms with van der Waals surface area (Å²) in [5.74, 6) is -1.68. The fourth-order valence-corrected chi connectivity index (χ4v) is 3.42. The first-order valence-electron chi connectivity index (χ1n) is 8.67. The number of rotatable bonds is 4. The van der Waals surface area contributed by atoms with Crippen molar-refractivity contribution < 1.29 is 28.5 Å². The van der Waals surface area contributed by atoms with Crippen LogP contribution >= 0.6 is 0 Å². The van der Waals surface area contributed by atoms with Gasteiger partial charge in [-0.15, -0.1) is 0 Å². The maximum Gasteiger partial charge on any atom is 0.343 e. The molecule has 2 heterocycles. The summed E-state index contributed by atoms with van der Waals surface area (Å²) in [5.41, 5.74) is -1.84. The molecule has 2 N–H and O–H groups in total. The largest absolute Gasteiger partial charge is 0.494 e. The van der Waals surface area contributed by atoms with Gasteiger partial charge in [-0.2, -0.15) is 0 Å². The third-order valence-corrected chi connectivity index (χ3v) is 4.76. The summed E-state index contributed by atoms with van der Waals surface area (Å²) in [6.07, 6.45) is -1.30. The topological polar surface area (TPSA) is 120 Å². The number of fused-ring (bicyclic) bond motifs is 1. The third kappa shape index (κ3) is 2.81. The molecule has 0 saturated carbocycles. The number of aromatic amines is 1. The number of nitrogens with one attached hydrogen (secondary N) is 1. The SMILES string of the molecule is COc1ccc2c(c1OC)C(=O)O[C@@H]2c1c(O)n(-c2ccc(F)cc2)c(=O)[nH]c1=O. The van der Waals surface area contributed by atoms with Gasteiger partial charge in [0.05, 0.1) is 19.9 Å². The van der Waals surface area contributed by atoms with Crippen LogP contribution in [-0.2, 0) is 4.74 Å². The van der Waals surface area contributed by atoms with E-state index in [2.05, 4.69) is 4.98 Å². The van der Waals surface area contributed by atoms with Crippen LogP contribution in [0.5, 0.6) is 17.4 Å². The van der Waals surface area contributed by atoms with E-state index in [4.69, 9.17) is 14.2 Å². The molecule has 0 spiro atoms. The number of benzene rings is 2. The van der Waals surface area contributed by atoms with E-state index in [1.165, 1.54) is 38.5 Å². The molecule has 0 bridgehead atoms. The van der Waals surface area contributed by atoms with Gasteiger partial charge in [-0.3, -0.25) is 9.78 Å². The second kappa shape index (κ2) is 7.07. The number of hydrogen-bond donors (Lipinski definition) is 2. The molecular formula is C20H15FN2O7. The van der Waals surface area contributed by atoms with Crippen molar-refractivity contribution in [2.75, 3.05) is 14.2 Å². The quantitative estimate of drug-likeness (QED) is 0.623. The van der Waals surface area contributed by atoms with Crippen molar-refractivity contribution in [2.45, 2.75) is 6.10 Å². The number of halogens is 1. The van der Waals surface area contributed by atoms with Crippen LogP contribution in [-0.4, -0.2) is 34.8 Å². The van der Waals surface area contributed by atoms with Crippen molar-refractivity contribution in [3.05, 3.63) is 79.7 Å². The molecule has 0 radical (unpaired) electrons. The van der Waals surface area contributed by atoms with Crippen LogP contribution in [0.15, 0.2) is 46.0 Å². The molecule has 9 nitrogen and oxygen atoms in total. The Balaban J connectivity index is 1.95. The van der Waals surface area contributed by atoms with E-state index in [9.17, 15) is 23.9 Å². The van der Waals surface area contributed by atoms with Gasteiger partial charge in [-0.1, -0.05) is 6.07 Å². The third-order valence-electron chi connectivity index (χ3n) is 4.76. The average molecular weight is 414 g/mol. The molecule has 10 heteroatoms. The van der Waals surface area contributed by atoms with E-state index in [1.54, 1.807) is 0 Å². The van der Waals surface area contributed by atoms with Crippen LogP contribution in [0.4, 0.5) is 4.39 Å². The molecule has 0 aliphatic carbocycles. The highest BCUT2D eigenvalue weighted by Gasteiger charge is 2.40. The van der Waals surface area contributed by atoms with Crippen molar-refractivity contribution in [3.63, 3.8) is 0 Å². The summed E-state index contributed by atoms with van der Waals surface area (Å²) in [5, 5.41) is 10.8. The highest BCUT2D eigenvalue weighted by atomic mass is 19.1. The van der Waals surface area contributed by atoms with Crippen LogP contribution in [0.2, 0.25) is 0 Å². The van der Waals surface area contributed by atoms with Crippen molar-refractivity contribution in [2.24, 2.45) is 0 Å². The van der Waals surface area contributed by atoms with Gasteiger partial charge >= 0.3 is 11.7 Å². The highest BCUT2D eigenvalue weighted by molar-refractivity contribution is 5.98. The Kier molecular flexibility index (Phi) is 4.53. The van der Waals surface area contributed by atoms with Gasteiger partial charge in [0.2, 0.25) is 5.88 Å². The van der Waals surface area contributed by atoms with Gasteiger partial charge in [-0.25, -0.2) is 18.5 Å². The lowest BCUT2D eigenvalue weighted by Crippen LogP contribution is -2.32. The van der Waals surface area contributed by atoms with Crippen LogP contribution < -0.4 is 20.7 Å². The van der Waals surface area contributed by atoms with Gasteiger partial charge in [0.25, 0.3) is 5.56 Å². The number of H-pyrrole nitrogens is 1. The van der Waals surface area contributed by atoms with Crippen molar-refractivity contribution in [1.29, 1.82) is 0 Å². The zero-order valence-electron chi connectivity index (χ0n) is 15.8. The Labute approximate surface area is 167 Å². The Morgan fingerprint density at radius 3 is 2.40 bits per heavy atom. The Hall–Kier alpha value is -4.08. The number of ether oxygens (including phenoxy) is 3. The Morgan fingerprint density at radius 2 is 1.77 bits per heavy atom. The van der Waals surface area contributed by atoms with E-state index in [0.717, 1.165) is 16.7 Å². The first kappa shape index (κ1) is 19.2. The number of nitrogens with zero attached hydrogens (tertiary/aromatic N) is 1. The normalized spacial score (nSPS) is 14.9. The summed E-state index contributed by atoms with van der Waals surface area (Å²) in [6, 6.07) is 7.70. The molecule has 1 aliphatic rings. The van der Waals surface area contributed by atoms with Crippen molar-refractivity contribution in [3.8, 4) is 23.1 Å². The molecule has 0 saturated heterocycles. The zero-order chi connectivity index (χ0) is 21.6. The molecule has 1 aromatic heterocycles. The first-order chi connectivity index (χ1) is 14.4. The van der Waals surface area contributed by atoms with Crippen LogP contribution in [0.1, 0.15) is 27.6 Å². The second-order valence-electron chi connectivity index (χ2n) is 6.36. The highest BCUT2D eigenvalue weighted by Crippen LogP contribution is 2.44. The van der Waals surface area contributed by atoms with Crippen molar-refractivity contribution >= 4 is 5.97 Å². The lowest BCUT2D eigenvalue weighted by molar-refractivity contribution is 0.0447. The van der Waals surface area contributed by atoms with Gasteiger partial charge in [0.1, 0.15) is 16.9 Å². The molecule has 0 amide bonds. The molecular weight excluding hydrogens is 399 g/mol. The maximum absolute atomic E-state index is 13.2. The van der Waals surface area contributed by atoms with Crippen molar-refractivity contribution in [1.82, 2.24) is 9.55 Å². The number of aromatic nitrogens is 2. The number of carbonyl (C=O) groups excluding carboxylic acids is 1. The molecule has 4 rings (SSSR count). The number of cyclic esters (lactones) is 1. The molecule has 30 heavy (non-hydrogen) atoms. The minimum Gasteiger partial charge on any atom is -0.494 e. The number of esters is 1. The number of aromatic hydroxyl groups is 1. The molecule has 3 aromatic rings. The van der Waals surface area contributed by atoms with Gasteiger partial charge in [-0.05, 0) is 30.3 Å². The zero-order valence-corrected chi connectivity index (χ0v) is 15.8. The molecule has 0 fully saturated rings.